The lowest BCUT2D eigenvalue weighted by atomic mass is 10.1. The molecule has 9 nitrogen and oxygen atoms in total. The maximum atomic E-state index is 13.0. The number of pyridine rings is 2. The number of ether oxygens (including phenoxy) is 1. The molecule has 0 saturated carbocycles. The summed E-state index contributed by atoms with van der Waals surface area (Å²) in [6, 6.07) is 6.85. The number of nitrogen functional groups attached to an aromatic ring is 1. The quantitative estimate of drug-likeness (QED) is 0.336. The fourth-order valence-corrected chi connectivity index (χ4v) is 3.64. The monoisotopic (exact) mass is 409 g/mol. The van der Waals surface area contributed by atoms with Crippen molar-refractivity contribution in [2.75, 3.05) is 45.1 Å². The summed E-state index contributed by atoms with van der Waals surface area (Å²) in [5.41, 5.74) is 7.25. The molecule has 0 atom stereocenters. The number of hydrogen-bond acceptors (Lipinski definition) is 6. The van der Waals surface area contributed by atoms with Gasteiger partial charge in [-0.25, -0.2) is 4.57 Å². The number of carbonyl (C=O) groups excluding carboxylic acids is 1. The van der Waals surface area contributed by atoms with Gasteiger partial charge in [-0.15, -0.1) is 0 Å². The Morgan fingerprint density at radius 2 is 2.17 bits per heavy atom. The van der Waals surface area contributed by atoms with Crippen molar-refractivity contribution in [3.05, 3.63) is 59.0 Å². The molecule has 3 N–H and O–H groups in total. The van der Waals surface area contributed by atoms with Crippen LogP contribution in [-0.4, -0.2) is 59.6 Å². The summed E-state index contributed by atoms with van der Waals surface area (Å²) < 4.78 is 8.44. The van der Waals surface area contributed by atoms with Gasteiger partial charge in [-0.2, -0.15) is 0 Å². The molecular weight excluding hydrogens is 384 g/mol. The molecule has 0 radical (unpaired) electrons. The number of fused-ring (bicyclic) bond motifs is 2. The maximum Gasteiger partial charge on any atom is 0.278 e. The van der Waals surface area contributed by atoms with Gasteiger partial charge in [0.25, 0.3) is 17.1 Å². The minimum absolute atomic E-state index is 0.249. The molecule has 1 aliphatic heterocycles. The second kappa shape index (κ2) is 8.60. The third kappa shape index (κ3) is 3.77. The number of morpholine rings is 1. The van der Waals surface area contributed by atoms with Crippen molar-refractivity contribution in [3.63, 3.8) is 0 Å². The Balaban J connectivity index is 1.70. The highest BCUT2D eigenvalue weighted by Crippen LogP contribution is 2.14. The zero-order valence-corrected chi connectivity index (χ0v) is 16.7. The smallest absolute Gasteiger partial charge is 0.278 e. The van der Waals surface area contributed by atoms with Crippen molar-refractivity contribution in [2.45, 2.75) is 6.54 Å². The number of nitrogens with zero attached hydrogens (tertiary/aromatic N) is 4. The largest absolute Gasteiger partial charge is 0.379 e. The van der Waals surface area contributed by atoms with Gasteiger partial charge >= 0.3 is 0 Å². The van der Waals surface area contributed by atoms with E-state index >= 15 is 0 Å². The van der Waals surface area contributed by atoms with E-state index in [-0.39, 0.29) is 22.8 Å². The molecule has 0 aromatic carbocycles. The van der Waals surface area contributed by atoms with E-state index in [0.29, 0.717) is 43.0 Å². The van der Waals surface area contributed by atoms with Crippen molar-refractivity contribution in [3.8, 4) is 0 Å². The summed E-state index contributed by atoms with van der Waals surface area (Å²) in [4.78, 5) is 32.7. The van der Waals surface area contributed by atoms with E-state index in [1.54, 1.807) is 29.0 Å². The van der Waals surface area contributed by atoms with Gasteiger partial charge in [0, 0.05) is 32.4 Å². The number of rotatable bonds is 6. The summed E-state index contributed by atoms with van der Waals surface area (Å²) in [5, 5.41) is 3.23. The SMILES string of the molecule is C=CC[n+]1c(N)c(C(=O)NCCN2CCOCC2)cc2c(=O)n3ccccc3nc21. The molecule has 0 spiro atoms. The first-order chi connectivity index (χ1) is 14.6. The Bertz CT molecular complexity index is 1170. The Morgan fingerprint density at radius 1 is 1.37 bits per heavy atom. The fraction of sp³-hybridized carbons (Fsp3) is 0.333. The first-order valence-corrected chi connectivity index (χ1v) is 9.93. The van der Waals surface area contributed by atoms with Crippen LogP contribution >= 0.6 is 0 Å². The summed E-state index contributed by atoms with van der Waals surface area (Å²) in [6.07, 6.45) is 3.31. The van der Waals surface area contributed by atoms with Crippen LogP contribution in [0.15, 0.2) is 47.9 Å². The number of nitrogens with one attached hydrogen (secondary N) is 1. The standard InChI is InChI=1S/C21H24N6O3/c1-2-7-27-18(22)15(20(28)23-6-9-25-10-12-30-13-11-25)14-16-19(27)24-17-5-3-4-8-26(17)21(16)29/h2-5,8,14,22H,1,6-7,9-13H2,(H,23,28)/p+1. The van der Waals surface area contributed by atoms with Gasteiger partial charge in [-0.05, 0) is 18.2 Å². The Labute approximate surface area is 173 Å². The van der Waals surface area contributed by atoms with E-state index in [4.69, 9.17) is 10.5 Å². The van der Waals surface area contributed by atoms with Gasteiger partial charge in [0.05, 0.1) is 19.8 Å². The normalized spacial score (nSPS) is 14.8. The van der Waals surface area contributed by atoms with Gasteiger partial charge in [0.1, 0.15) is 10.9 Å². The van der Waals surface area contributed by atoms with E-state index in [2.05, 4.69) is 21.8 Å². The van der Waals surface area contributed by atoms with Crippen molar-refractivity contribution in [1.82, 2.24) is 19.6 Å². The maximum absolute atomic E-state index is 13.0. The van der Waals surface area contributed by atoms with Gasteiger partial charge < -0.3 is 15.8 Å². The Morgan fingerprint density at radius 3 is 2.93 bits per heavy atom. The van der Waals surface area contributed by atoms with Gasteiger partial charge in [-0.1, -0.05) is 23.7 Å². The second-order valence-corrected chi connectivity index (χ2v) is 7.14. The van der Waals surface area contributed by atoms with Crippen LogP contribution in [0.5, 0.6) is 0 Å². The lowest BCUT2D eigenvalue weighted by Gasteiger charge is -2.26. The number of hydrogen-bond donors (Lipinski definition) is 2. The molecule has 1 amide bonds. The molecular formula is C21H25N6O3+. The highest BCUT2D eigenvalue weighted by Gasteiger charge is 2.24. The van der Waals surface area contributed by atoms with E-state index in [0.717, 1.165) is 19.6 Å². The van der Waals surface area contributed by atoms with Crippen LogP contribution in [-0.2, 0) is 11.3 Å². The lowest BCUT2D eigenvalue weighted by molar-refractivity contribution is -0.648. The van der Waals surface area contributed by atoms with E-state index < -0.39 is 0 Å². The zero-order chi connectivity index (χ0) is 21.1. The van der Waals surface area contributed by atoms with Crippen LogP contribution < -0.4 is 21.2 Å². The third-order valence-electron chi connectivity index (χ3n) is 5.23. The van der Waals surface area contributed by atoms with Crippen LogP contribution in [0.4, 0.5) is 5.82 Å². The fourth-order valence-electron chi connectivity index (χ4n) is 3.64. The molecule has 4 rings (SSSR count). The number of nitrogens with two attached hydrogens (primary N) is 1. The zero-order valence-electron chi connectivity index (χ0n) is 16.7. The Hall–Kier alpha value is -3.30. The van der Waals surface area contributed by atoms with Gasteiger partial charge in [0.15, 0.2) is 0 Å². The molecule has 1 saturated heterocycles. The average molecular weight is 409 g/mol. The van der Waals surface area contributed by atoms with Crippen LogP contribution in [0.25, 0.3) is 16.7 Å². The third-order valence-corrected chi connectivity index (χ3v) is 5.23. The van der Waals surface area contributed by atoms with Gasteiger partial charge in [0.2, 0.25) is 11.5 Å². The highest BCUT2D eigenvalue weighted by molar-refractivity contribution is 6.00. The van der Waals surface area contributed by atoms with Crippen molar-refractivity contribution in [1.29, 1.82) is 0 Å². The van der Waals surface area contributed by atoms with Crippen molar-refractivity contribution < 1.29 is 14.1 Å². The number of carbonyl (C=O) groups is 1. The molecule has 4 heterocycles. The van der Waals surface area contributed by atoms with Crippen molar-refractivity contribution in [2.24, 2.45) is 0 Å². The molecule has 9 heteroatoms. The molecule has 30 heavy (non-hydrogen) atoms. The van der Waals surface area contributed by atoms with Crippen LogP contribution in [0.2, 0.25) is 0 Å². The van der Waals surface area contributed by atoms with Crippen molar-refractivity contribution >= 4 is 28.4 Å². The summed E-state index contributed by atoms with van der Waals surface area (Å²) in [7, 11) is 0. The molecule has 3 aromatic rings. The first-order valence-electron chi connectivity index (χ1n) is 9.93. The molecule has 0 bridgehead atoms. The topological polar surface area (TPSA) is 106 Å². The minimum atomic E-state index is -0.321. The predicted molar refractivity (Wildman–Crippen MR) is 113 cm³/mol. The summed E-state index contributed by atoms with van der Waals surface area (Å²) in [6.45, 7) is 8.40. The molecule has 0 unspecified atom stereocenters. The van der Waals surface area contributed by atoms with Crippen LogP contribution in [0, 0.1) is 0 Å². The lowest BCUT2D eigenvalue weighted by Crippen LogP contribution is -2.44. The number of aromatic nitrogens is 3. The number of anilines is 1. The summed E-state index contributed by atoms with van der Waals surface area (Å²) >= 11 is 0. The molecule has 3 aromatic heterocycles. The number of amides is 1. The molecule has 156 valence electrons. The average Bonchev–Trinajstić information content (AvgIpc) is 2.77. The minimum Gasteiger partial charge on any atom is -0.379 e. The predicted octanol–water partition coefficient (Wildman–Crippen LogP) is -0.0346. The van der Waals surface area contributed by atoms with E-state index in [1.165, 1.54) is 10.5 Å². The second-order valence-electron chi connectivity index (χ2n) is 7.14. The molecule has 1 fully saturated rings. The van der Waals surface area contributed by atoms with Crippen LogP contribution in [0.3, 0.4) is 0 Å². The molecule has 0 aliphatic carbocycles. The number of allylic oxidation sites excluding steroid dienone is 1. The highest BCUT2D eigenvalue weighted by atomic mass is 16.5. The van der Waals surface area contributed by atoms with E-state index in [9.17, 15) is 9.59 Å². The van der Waals surface area contributed by atoms with E-state index in [1.807, 2.05) is 6.07 Å². The summed E-state index contributed by atoms with van der Waals surface area (Å²) in [5.74, 6) is -0.0727. The first kappa shape index (κ1) is 20.0. The van der Waals surface area contributed by atoms with Crippen LogP contribution in [0.1, 0.15) is 10.4 Å². The van der Waals surface area contributed by atoms with Gasteiger partial charge in [-0.3, -0.25) is 18.9 Å². The molecule has 1 aliphatic rings. The Kier molecular flexibility index (Phi) is 5.73.